The molecule has 2 fully saturated rings. The zero-order valence-corrected chi connectivity index (χ0v) is 25.0. The van der Waals surface area contributed by atoms with Crippen molar-refractivity contribution in [2.75, 3.05) is 39.4 Å². The normalized spacial score (nSPS) is 17.5. The number of nitrogens with zero attached hydrogens (tertiary/aromatic N) is 6. The lowest BCUT2D eigenvalue weighted by molar-refractivity contribution is -0.205. The van der Waals surface area contributed by atoms with Crippen LogP contribution in [0.1, 0.15) is 50.8 Å². The number of hydrogen-bond donors (Lipinski definition) is 0. The topological polar surface area (TPSA) is 85.6 Å². The zero-order valence-electron chi connectivity index (χ0n) is 25.0. The highest BCUT2D eigenvalue weighted by Crippen LogP contribution is 2.32. The Bertz CT molecular complexity index is 1560. The first-order valence-corrected chi connectivity index (χ1v) is 14.9. The molecule has 2 aromatic carbocycles. The molecule has 4 heterocycles. The summed E-state index contributed by atoms with van der Waals surface area (Å²) in [5.41, 5.74) is 7.80. The van der Waals surface area contributed by atoms with Crippen LogP contribution in [0.25, 0.3) is 33.4 Å². The largest absolute Gasteiger partial charge is 0.379 e. The Morgan fingerprint density at radius 2 is 1.81 bits per heavy atom. The summed E-state index contributed by atoms with van der Waals surface area (Å²) in [5.74, 6) is -0.198. The summed E-state index contributed by atoms with van der Waals surface area (Å²) in [6.45, 7) is 13.7. The summed E-state index contributed by atoms with van der Waals surface area (Å²) in [5, 5.41) is 6.46. The molecule has 0 radical (unpaired) electrons. The van der Waals surface area contributed by atoms with Gasteiger partial charge in [0.15, 0.2) is 0 Å². The van der Waals surface area contributed by atoms with Crippen LogP contribution >= 0.6 is 0 Å². The Kier molecular flexibility index (Phi) is 8.07. The maximum Gasteiger partial charge on any atom is 0.330 e. The molecule has 0 unspecified atom stereocenters. The number of carbonyl (C=O) groups excluding carboxylic acids is 1. The van der Waals surface area contributed by atoms with Gasteiger partial charge in [0.05, 0.1) is 53.8 Å². The van der Waals surface area contributed by atoms with Gasteiger partial charge in [-0.3, -0.25) is 14.6 Å². The van der Waals surface area contributed by atoms with Crippen LogP contribution in [0, 0.1) is 12.3 Å². The molecule has 0 saturated carbocycles. The van der Waals surface area contributed by atoms with Crippen LogP contribution in [0.3, 0.4) is 0 Å². The molecular formula is C33H40N6O3. The number of morpholine rings is 1. The van der Waals surface area contributed by atoms with Gasteiger partial charge in [0.25, 0.3) is 0 Å². The molecule has 0 aliphatic carbocycles. The second-order valence-electron chi connectivity index (χ2n) is 12.5. The quantitative estimate of drug-likeness (QED) is 0.304. The summed E-state index contributed by atoms with van der Waals surface area (Å²) >= 11 is 0. The molecule has 0 bridgehead atoms. The predicted molar refractivity (Wildman–Crippen MR) is 162 cm³/mol. The minimum absolute atomic E-state index is 0.198. The zero-order chi connectivity index (χ0) is 29.3. The van der Waals surface area contributed by atoms with Gasteiger partial charge in [0.1, 0.15) is 0 Å². The van der Waals surface area contributed by atoms with Crippen LogP contribution in [0.4, 0.5) is 0 Å². The van der Waals surface area contributed by atoms with E-state index in [4.69, 9.17) is 19.5 Å². The van der Waals surface area contributed by atoms with Crippen molar-refractivity contribution < 1.29 is 14.4 Å². The lowest BCUT2D eigenvalue weighted by Crippen LogP contribution is -2.39. The molecule has 0 amide bonds. The summed E-state index contributed by atoms with van der Waals surface area (Å²) < 4.78 is 7.52. The van der Waals surface area contributed by atoms with Crippen molar-refractivity contribution >= 4 is 17.0 Å². The van der Waals surface area contributed by atoms with Crippen molar-refractivity contribution in [3.8, 4) is 22.4 Å². The molecule has 9 nitrogen and oxygen atoms in total. The lowest BCUT2D eigenvalue weighted by Gasteiger charge is -2.32. The monoisotopic (exact) mass is 568 g/mol. The van der Waals surface area contributed by atoms with Crippen LogP contribution in [-0.2, 0) is 20.9 Å². The van der Waals surface area contributed by atoms with E-state index in [9.17, 15) is 4.79 Å². The minimum atomic E-state index is -0.514. The fourth-order valence-electron chi connectivity index (χ4n) is 5.66. The molecule has 2 aliphatic heterocycles. The molecule has 0 spiro atoms. The van der Waals surface area contributed by atoms with E-state index in [0.717, 1.165) is 73.5 Å². The van der Waals surface area contributed by atoms with Gasteiger partial charge in [-0.15, -0.1) is 5.06 Å². The Labute approximate surface area is 247 Å². The van der Waals surface area contributed by atoms with E-state index in [1.807, 2.05) is 43.9 Å². The first-order valence-electron chi connectivity index (χ1n) is 14.9. The first-order chi connectivity index (χ1) is 20.2. The summed E-state index contributed by atoms with van der Waals surface area (Å²) in [7, 11) is 0. The number of fused-ring (bicyclic) bond motifs is 1. The highest BCUT2D eigenvalue weighted by molar-refractivity contribution is 5.93. The Morgan fingerprint density at radius 1 is 1.02 bits per heavy atom. The third-order valence-corrected chi connectivity index (χ3v) is 8.18. The van der Waals surface area contributed by atoms with Gasteiger partial charge in [0.2, 0.25) is 0 Å². The van der Waals surface area contributed by atoms with Gasteiger partial charge in [-0.25, -0.2) is 9.78 Å². The van der Waals surface area contributed by atoms with E-state index in [0.29, 0.717) is 13.1 Å². The van der Waals surface area contributed by atoms with Crippen LogP contribution < -0.4 is 0 Å². The van der Waals surface area contributed by atoms with Crippen LogP contribution in [-0.4, -0.2) is 75.1 Å². The third kappa shape index (κ3) is 6.23. The van der Waals surface area contributed by atoms with Gasteiger partial charge in [-0.2, -0.15) is 5.10 Å². The number of rotatable bonds is 6. The SMILES string of the molecule is Cc1cc(CN2CCOCC2)ccc1-c1cccc2ncc(-c3cnn(C4CCN(OC(=O)C(C)(C)C)CC4)c3)nc12. The highest BCUT2D eigenvalue weighted by atomic mass is 16.7. The average molecular weight is 569 g/mol. The van der Waals surface area contributed by atoms with E-state index in [2.05, 4.69) is 53.5 Å². The van der Waals surface area contributed by atoms with Gasteiger partial charge in [-0.05, 0) is 63.3 Å². The number of aryl methyl sites for hydroxylation is 1. The smallest absolute Gasteiger partial charge is 0.330 e. The maximum absolute atomic E-state index is 12.3. The molecule has 4 aromatic rings. The van der Waals surface area contributed by atoms with Gasteiger partial charge < -0.3 is 9.57 Å². The van der Waals surface area contributed by atoms with E-state index in [1.54, 1.807) is 5.06 Å². The first kappa shape index (κ1) is 28.5. The summed E-state index contributed by atoms with van der Waals surface area (Å²) in [6, 6.07) is 13.2. The second-order valence-corrected chi connectivity index (χ2v) is 12.5. The fraction of sp³-hybridized carbons (Fsp3) is 0.455. The maximum atomic E-state index is 12.3. The van der Waals surface area contributed by atoms with Crippen LogP contribution in [0.2, 0.25) is 0 Å². The molecule has 9 heteroatoms. The number of aromatic nitrogens is 4. The molecule has 0 N–H and O–H groups in total. The molecule has 220 valence electrons. The van der Waals surface area contributed by atoms with Crippen molar-refractivity contribution in [3.63, 3.8) is 0 Å². The summed E-state index contributed by atoms with van der Waals surface area (Å²) in [6.07, 6.45) is 7.47. The standard InChI is InChI=1S/C33H40N6O3/c1-23-18-24(21-37-14-16-41-17-15-37)8-9-27(23)28-6-5-7-29-31(28)36-30(20-34-29)25-19-35-39(22-25)26-10-12-38(13-11-26)42-32(40)33(2,3)4/h5-9,18-20,22,26H,10-17,21H2,1-4H3. The molecule has 2 aromatic heterocycles. The van der Waals surface area contributed by atoms with Crippen LogP contribution in [0.5, 0.6) is 0 Å². The highest BCUT2D eigenvalue weighted by Gasteiger charge is 2.29. The van der Waals surface area contributed by atoms with Crippen molar-refractivity contribution in [3.05, 3.63) is 66.1 Å². The molecule has 0 atom stereocenters. The summed E-state index contributed by atoms with van der Waals surface area (Å²) in [4.78, 5) is 30.2. The van der Waals surface area contributed by atoms with Gasteiger partial charge in [0, 0.05) is 50.0 Å². The molecule has 2 saturated heterocycles. The van der Waals surface area contributed by atoms with Gasteiger partial charge in [-0.1, -0.05) is 30.3 Å². The van der Waals surface area contributed by atoms with Crippen LogP contribution in [0.15, 0.2) is 55.0 Å². The molecule has 42 heavy (non-hydrogen) atoms. The number of carbonyl (C=O) groups is 1. The number of hydroxylamine groups is 2. The van der Waals surface area contributed by atoms with Gasteiger partial charge >= 0.3 is 5.97 Å². The second kappa shape index (κ2) is 11.9. The number of hydrogen-bond acceptors (Lipinski definition) is 8. The van der Waals surface area contributed by atoms with Crippen molar-refractivity contribution in [1.82, 2.24) is 29.7 Å². The van der Waals surface area contributed by atoms with E-state index in [1.165, 1.54) is 16.7 Å². The Morgan fingerprint density at radius 3 is 2.55 bits per heavy atom. The third-order valence-electron chi connectivity index (χ3n) is 8.18. The fourth-order valence-corrected chi connectivity index (χ4v) is 5.66. The van der Waals surface area contributed by atoms with E-state index < -0.39 is 5.41 Å². The molecule has 6 rings (SSSR count). The Balaban J connectivity index is 1.19. The predicted octanol–water partition coefficient (Wildman–Crippen LogP) is 5.44. The lowest BCUT2D eigenvalue weighted by atomic mass is 9.97. The molecular weight excluding hydrogens is 528 g/mol. The minimum Gasteiger partial charge on any atom is -0.379 e. The van der Waals surface area contributed by atoms with Crippen molar-refractivity contribution in [1.29, 1.82) is 0 Å². The number of piperidine rings is 1. The number of ether oxygens (including phenoxy) is 1. The Hall–Kier alpha value is -3.66. The van der Waals surface area contributed by atoms with E-state index in [-0.39, 0.29) is 12.0 Å². The van der Waals surface area contributed by atoms with E-state index >= 15 is 0 Å². The average Bonchev–Trinajstić information content (AvgIpc) is 3.48. The molecule has 2 aliphatic rings. The number of para-hydroxylation sites is 1. The number of benzene rings is 2. The van der Waals surface area contributed by atoms with Crippen molar-refractivity contribution in [2.24, 2.45) is 5.41 Å². The van der Waals surface area contributed by atoms with Crippen molar-refractivity contribution in [2.45, 2.75) is 53.1 Å².